The van der Waals surface area contributed by atoms with E-state index < -0.39 is 0 Å². The van der Waals surface area contributed by atoms with Gasteiger partial charge in [-0.3, -0.25) is 9.69 Å². The molecule has 0 aromatic heterocycles. The van der Waals surface area contributed by atoms with Gasteiger partial charge in [0.05, 0.1) is 20.8 Å². The highest BCUT2D eigenvalue weighted by molar-refractivity contribution is 5.92. The number of nitrogens with zero attached hydrogens (tertiary/aromatic N) is 1. The van der Waals surface area contributed by atoms with Crippen molar-refractivity contribution >= 4 is 11.6 Å². The van der Waals surface area contributed by atoms with Crippen LogP contribution >= 0.6 is 0 Å². The van der Waals surface area contributed by atoms with Gasteiger partial charge in [-0.25, -0.2) is 0 Å². The smallest absolute Gasteiger partial charge is 0.238 e. The molecule has 1 saturated carbocycles. The quantitative estimate of drug-likeness (QED) is 0.837. The second kappa shape index (κ2) is 8.77. The van der Waals surface area contributed by atoms with E-state index in [0.717, 1.165) is 6.54 Å². The van der Waals surface area contributed by atoms with Crippen molar-refractivity contribution < 1.29 is 14.3 Å². The number of anilines is 1. The molecule has 0 unspecified atom stereocenters. The Labute approximate surface area is 139 Å². The van der Waals surface area contributed by atoms with Crippen molar-refractivity contribution in [1.82, 2.24) is 4.90 Å². The summed E-state index contributed by atoms with van der Waals surface area (Å²) in [6, 6.07) is 5.93. The number of nitrogens with one attached hydrogen (secondary N) is 1. The van der Waals surface area contributed by atoms with Gasteiger partial charge in [-0.2, -0.15) is 0 Å². The van der Waals surface area contributed by atoms with Crippen LogP contribution in [0.25, 0.3) is 0 Å². The Balaban J connectivity index is 1.97. The number of hydrogen-bond acceptors (Lipinski definition) is 4. The number of rotatable bonds is 7. The van der Waals surface area contributed by atoms with Crippen molar-refractivity contribution in [3.63, 3.8) is 0 Å². The molecular formula is C18H28N2O3. The predicted octanol–water partition coefficient (Wildman–Crippen LogP) is 3.30. The van der Waals surface area contributed by atoms with Gasteiger partial charge in [0.1, 0.15) is 11.5 Å². The summed E-state index contributed by atoms with van der Waals surface area (Å²) in [6.07, 6.45) is 6.28. The average molecular weight is 320 g/mol. The van der Waals surface area contributed by atoms with Gasteiger partial charge in [0.25, 0.3) is 0 Å². The summed E-state index contributed by atoms with van der Waals surface area (Å²) in [6.45, 7) is 3.46. The van der Waals surface area contributed by atoms with Gasteiger partial charge in [-0.15, -0.1) is 0 Å². The summed E-state index contributed by atoms with van der Waals surface area (Å²) in [4.78, 5) is 14.7. The van der Waals surface area contributed by atoms with Crippen molar-refractivity contribution in [2.75, 3.05) is 32.6 Å². The normalized spacial score (nSPS) is 15.5. The van der Waals surface area contributed by atoms with Crippen molar-refractivity contribution in [3.8, 4) is 11.5 Å². The van der Waals surface area contributed by atoms with Crippen LogP contribution in [-0.4, -0.2) is 44.2 Å². The van der Waals surface area contributed by atoms with Crippen LogP contribution in [0.15, 0.2) is 18.2 Å². The van der Waals surface area contributed by atoms with Crippen LogP contribution in [0.4, 0.5) is 5.69 Å². The molecule has 2 rings (SSSR count). The SMILES string of the molecule is CCN(CC(=O)Nc1cc(OC)cc(OC)c1)C1CCCCC1. The second-order valence-corrected chi connectivity index (χ2v) is 6.00. The Morgan fingerprint density at radius 3 is 2.26 bits per heavy atom. The van der Waals surface area contributed by atoms with E-state index in [4.69, 9.17) is 9.47 Å². The molecule has 0 heterocycles. The van der Waals surface area contributed by atoms with Gasteiger partial charge in [0, 0.05) is 29.9 Å². The summed E-state index contributed by atoms with van der Waals surface area (Å²) in [5.74, 6) is 1.34. The van der Waals surface area contributed by atoms with E-state index in [0.29, 0.717) is 29.8 Å². The number of carbonyl (C=O) groups excluding carboxylic acids is 1. The maximum atomic E-state index is 12.4. The molecule has 128 valence electrons. The highest BCUT2D eigenvalue weighted by atomic mass is 16.5. The number of carbonyl (C=O) groups is 1. The van der Waals surface area contributed by atoms with E-state index in [9.17, 15) is 4.79 Å². The fraction of sp³-hybridized carbons (Fsp3) is 0.611. The summed E-state index contributed by atoms with van der Waals surface area (Å²) >= 11 is 0. The van der Waals surface area contributed by atoms with Gasteiger partial charge in [0.15, 0.2) is 0 Å². The maximum Gasteiger partial charge on any atom is 0.238 e. The molecule has 0 bridgehead atoms. The molecule has 0 aliphatic heterocycles. The first kappa shape index (κ1) is 17.6. The molecule has 1 aliphatic rings. The second-order valence-electron chi connectivity index (χ2n) is 6.00. The lowest BCUT2D eigenvalue weighted by atomic mass is 9.94. The third kappa shape index (κ3) is 5.13. The molecule has 1 amide bonds. The highest BCUT2D eigenvalue weighted by Crippen LogP contribution is 2.26. The molecule has 1 N–H and O–H groups in total. The van der Waals surface area contributed by atoms with Crippen LogP contribution < -0.4 is 14.8 Å². The molecular weight excluding hydrogens is 292 g/mol. The monoisotopic (exact) mass is 320 g/mol. The van der Waals surface area contributed by atoms with Crippen LogP contribution in [0.5, 0.6) is 11.5 Å². The minimum absolute atomic E-state index is 0.00716. The van der Waals surface area contributed by atoms with Gasteiger partial charge < -0.3 is 14.8 Å². The van der Waals surface area contributed by atoms with E-state index in [1.165, 1.54) is 32.1 Å². The number of hydrogen-bond donors (Lipinski definition) is 1. The molecule has 0 atom stereocenters. The summed E-state index contributed by atoms with van der Waals surface area (Å²) in [7, 11) is 3.20. The molecule has 0 spiro atoms. The minimum atomic E-state index is 0.00716. The van der Waals surface area contributed by atoms with E-state index in [-0.39, 0.29) is 5.91 Å². The highest BCUT2D eigenvalue weighted by Gasteiger charge is 2.21. The Kier molecular flexibility index (Phi) is 6.71. The Bertz CT molecular complexity index is 491. The zero-order chi connectivity index (χ0) is 16.7. The minimum Gasteiger partial charge on any atom is -0.497 e. The van der Waals surface area contributed by atoms with E-state index in [1.54, 1.807) is 32.4 Å². The number of amides is 1. The first-order valence-corrected chi connectivity index (χ1v) is 8.43. The van der Waals surface area contributed by atoms with Gasteiger partial charge in [0.2, 0.25) is 5.91 Å². The molecule has 1 aliphatic carbocycles. The molecule has 5 heteroatoms. The van der Waals surface area contributed by atoms with Crippen molar-refractivity contribution in [2.45, 2.75) is 45.1 Å². The molecule has 0 radical (unpaired) electrons. The van der Waals surface area contributed by atoms with Crippen LogP contribution in [0, 0.1) is 0 Å². The first-order valence-electron chi connectivity index (χ1n) is 8.43. The Morgan fingerprint density at radius 1 is 1.13 bits per heavy atom. The predicted molar refractivity (Wildman–Crippen MR) is 92.3 cm³/mol. The van der Waals surface area contributed by atoms with Gasteiger partial charge in [-0.1, -0.05) is 26.2 Å². The fourth-order valence-electron chi connectivity index (χ4n) is 3.21. The third-order valence-electron chi connectivity index (χ3n) is 4.48. The topological polar surface area (TPSA) is 50.8 Å². The number of likely N-dealkylation sites (N-methyl/N-ethyl adjacent to an activating group) is 1. The summed E-state index contributed by atoms with van der Waals surface area (Å²) < 4.78 is 10.5. The zero-order valence-electron chi connectivity index (χ0n) is 14.4. The van der Waals surface area contributed by atoms with E-state index >= 15 is 0 Å². The van der Waals surface area contributed by atoms with E-state index in [2.05, 4.69) is 17.1 Å². The van der Waals surface area contributed by atoms with Crippen molar-refractivity contribution in [2.24, 2.45) is 0 Å². The van der Waals surface area contributed by atoms with Crippen LogP contribution in [-0.2, 0) is 4.79 Å². The lowest BCUT2D eigenvalue weighted by molar-refractivity contribution is -0.118. The molecule has 1 aromatic carbocycles. The number of ether oxygens (including phenoxy) is 2. The number of benzene rings is 1. The Hall–Kier alpha value is -1.75. The lowest BCUT2D eigenvalue weighted by Crippen LogP contribution is -2.41. The first-order chi connectivity index (χ1) is 11.2. The molecule has 1 fully saturated rings. The molecule has 23 heavy (non-hydrogen) atoms. The van der Waals surface area contributed by atoms with E-state index in [1.807, 2.05) is 0 Å². The average Bonchev–Trinajstić information content (AvgIpc) is 2.59. The molecule has 1 aromatic rings. The van der Waals surface area contributed by atoms with Crippen molar-refractivity contribution in [3.05, 3.63) is 18.2 Å². The third-order valence-corrected chi connectivity index (χ3v) is 4.48. The zero-order valence-corrected chi connectivity index (χ0v) is 14.4. The van der Waals surface area contributed by atoms with Gasteiger partial charge in [-0.05, 0) is 19.4 Å². The standard InChI is InChI=1S/C18H28N2O3/c1-4-20(15-8-6-5-7-9-15)13-18(21)19-14-10-16(22-2)12-17(11-14)23-3/h10-12,15H,4-9,13H2,1-3H3,(H,19,21). The fourth-order valence-corrected chi connectivity index (χ4v) is 3.21. The van der Waals surface area contributed by atoms with Crippen LogP contribution in [0.3, 0.4) is 0 Å². The maximum absolute atomic E-state index is 12.4. The summed E-state index contributed by atoms with van der Waals surface area (Å²) in [5.41, 5.74) is 0.700. The molecule has 0 saturated heterocycles. The van der Waals surface area contributed by atoms with Crippen molar-refractivity contribution in [1.29, 1.82) is 0 Å². The molecule has 5 nitrogen and oxygen atoms in total. The number of methoxy groups -OCH3 is 2. The Morgan fingerprint density at radius 2 is 1.74 bits per heavy atom. The van der Waals surface area contributed by atoms with Gasteiger partial charge >= 0.3 is 0 Å². The summed E-state index contributed by atoms with van der Waals surface area (Å²) in [5, 5.41) is 2.95. The largest absolute Gasteiger partial charge is 0.497 e. The van der Waals surface area contributed by atoms with Crippen LogP contribution in [0.1, 0.15) is 39.0 Å². The lowest BCUT2D eigenvalue weighted by Gasteiger charge is -2.32. The van der Waals surface area contributed by atoms with Crippen LogP contribution in [0.2, 0.25) is 0 Å².